The lowest BCUT2D eigenvalue weighted by atomic mass is 10.1. The molecule has 0 fully saturated rings. The van der Waals surface area contributed by atoms with Crippen LogP contribution in [0.2, 0.25) is 0 Å². The summed E-state index contributed by atoms with van der Waals surface area (Å²) in [5, 5.41) is 0. The molecule has 0 amide bonds. The number of hydrogen-bond donors (Lipinski definition) is 1. The van der Waals surface area contributed by atoms with Crippen molar-refractivity contribution in [3.63, 3.8) is 0 Å². The minimum Gasteiger partial charge on any atom is -0.348 e. The molecule has 0 radical (unpaired) electrons. The van der Waals surface area contributed by atoms with E-state index in [1.807, 2.05) is 0 Å². The molecule has 0 spiro atoms. The fourth-order valence-electron chi connectivity index (χ4n) is 0.942. The van der Waals surface area contributed by atoms with Gasteiger partial charge in [0.25, 0.3) is 0 Å². The molecular formula is C9H11F4NO4S. The Morgan fingerprint density at radius 1 is 1.42 bits per heavy atom. The van der Waals surface area contributed by atoms with Gasteiger partial charge in [-0.15, -0.1) is 0 Å². The summed E-state index contributed by atoms with van der Waals surface area (Å²) in [4.78, 5) is 12.1. The van der Waals surface area contributed by atoms with E-state index in [-0.39, 0.29) is 11.4 Å². The minimum absolute atomic E-state index is 0.214. The van der Waals surface area contributed by atoms with Crippen molar-refractivity contribution in [2.45, 2.75) is 18.7 Å². The summed E-state index contributed by atoms with van der Waals surface area (Å²) < 4.78 is 70.6. The van der Waals surface area contributed by atoms with Gasteiger partial charge in [-0.1, -0.05) is 0 Å². The number of alkyl halides is 4. The first-order valence-electron chi connectivity index (χ1n) is 4.67. The zero-order chi connectivity index (χ0) is 15.4. The molecule has 0 aromatic rings. The Morgan fingerprint density at radius 2 is 1.84 bits per heavy atom. The third kappa shape index (κ3) is 5.39. The Labute approximate surface area is 106 Å². The number of halogens is 4. The predicted molar refractivity (Wildman–Crippen MR) is 58.2 cm³/mol. The second-order valence-electron chi connectivity index (χ2n) is 3.44. The molecule has 0 aromatic carbocycles. The lowest BCUT2D eigenvalue weighted by Gasteiger charge is -2.23. The maximum Gasteiger partial charge on any atom is 0.522 e. The molecule has 110 valence electrons. The molecule has 19 heavy (non-hydrogen) atoms. The Kier molecular flexibility index (Phi) is 5.69. The lowest BCUT2D eigenvalue weighted by molar-refractivity contribution is -0.114. The second-order valence-corrected chi connectivity index (χ2v) is 4.85. The molecule has 10 heteroatoms. The van der Waals surface area contributed by atoms with E-state index < -0.39 is 21.9 Å². The smallest absolute Gasteiger partial charge is 0.348 e. The first-order valence-corrected chi connectivity index (χ1v) is 6.11. The maximum absolute atomic E-state index is 13.1. The van der Waals surface area contributed by atoms with Gasteiger partial charge in [0, 0.05) is 18.8 Å². The molecule has 0 aromatic heterocycles. The maximum atomic E-state index is 13.1. The third-order valence-electron chi connectivity index (χ3n) is 1.91. The number of hydrogen-bond acceptors (Lipinski definition) is 4. The molecule has 1 heterocycles. The second kappa shape index (κ2) is 6.15. The molecule has 1 aliphatic rings. The first kappa shape index (κ1) is 17.6. The van der Waals surface area contributed by atoms with E-state index in [9.17, 15) is 22.4 Å². The summed E-state index contributed by atoms with van der Waals surface area (Å²) in [5.74, 6) is -0.214. The SMILES string of the molecule is CC(=O)C1=CC=CN(C)C1F.O=S(=O)(O)C(F)(F)F. The molecule has 0 aliphatic carbocycles. The zero-order valence-corrected chi connectivity index (χ0v) is 10.7. The van der Waals surface area contributed by atoms with Gasteiger partial charge in [0.2, 0.25) is 6.30 Å². The quantitative estimate of drug-likeness (QED) is 0.345. The number of likely N-dealkylation sites (N-methyl/N-ethyl adjacent to an activating group) is 1. The number of rotatable bonds is 1. The van der Waals surface area contributed by atoms with Crippen molar-refractivity contribution in [3.05, 3.63) is 23.9 Å². The van der Waals surface area contributed by atoms with E-state index in [2.05, 4.69) is 0 Å². The summed E-state index contributed by atoms with van der Waals surface area (Å²) in [6.07, 6.45) is 3.48. The fraction of sp³-hybridized carbons (Fsp3) is 0.444. The number of allylic oxidation sites excluding steroid dienone is 2. The molecule has 1 rings (SSSR count). The van der Waals surface area contributed by atoms with Crippen LogP contribution < -0.4 is 0 Å². The number of ketones is 1. The highest BCUT2D eigenvalue weighted by atomic mass is 32.2. The fourth-order valence-corrected chi connectivity index (χ4v) is 0.942. The van der Waals surface area contributed by atoms with Crippen molar-refractivity contribution in [1.29, 1.82) is 0 Å². The van der Waals surface area contributed by atoms with Crippen LogP contribution in [-0.4, -0.2) is 42.5 Å². The lowest BCUT2D eigenvalue weighted by Crippen LogP contribution is -2.29. The highest BCUT2D eigenvalue weighted by molar-refractivity contribution is 7.86. The number of nitrogens with zero attached hydrogens (tertiary/aromatic N) is 1. The molecule has 5 nitrogen and oxygen atoms in total. The summed E-state index contributed by atoms with van der Waals surface area (Å²) >= 11 is 0. The minimum atomic E-state index is -5.84. The van der Waals surface area contributed by atoms with Gasteiger partial charge in [-0.2, -0.15) is 21.6 Å². The Bertz CT molecular complexity index is 495. The monoisotopic (exact) mass is 305 g/mol. The number of carbonyl (C=O) groups excluding carboxylic acids is 1. The van der Waals surface area contributed by atoms with E-state index >= 15 is 0 Å². The number of Topliss-reactive ketones (excluding diaryl/α,β-unsaturated/α-hetero) is 1. The van der Waals surface area contributed by atoms with E-state index in [0.29, 0.717) is 0 Å². The highest BCUT2D eigenvalue weighted by Crippen LogP contribution is 2.20. The Hall–Kier alpha value is -1.42. The average Bonchev–Trinajstić information content (AvgIpc) is 2.19. The van der Waals surface area contributed by atoms with E-state index in [1.165, 1.54) is 17.9 Å². The van der Waals surface area contributed by atoms with Gasteiger partial charge in [0.1, 0.15) is 0 Å². The Morgan fingerprint density at radius 3 is 2.11 bits per heavy atom. The normalized spacial score (nSPS) is 19.4. The van der Waals surface area contributed by atoms with Crippen LogP contribution in [0.5, 0.6) is 0 Å². The topological polar surface area (TPSA) is 74.7 Å². The summed E-state index contributed by atoms with van der Waals surface area (Å²) in [6, 6.07) is 0. The predicted octanol–water partition coefficient (Wildman–Crippen LogP) is 1.65. The third-order valence-corrected chi connectivity index (χ3v) is 2.50. The summed E-state index contributed by atoms with van der Waals surface area (Å²) in [7, 11) is -4.25. The molecule has 0 saturated carbocycles. The van der Waals surface area contributed by atoms with Crippen LogP contribution in [0.4, 0.5) is 17.6 Å². The van der Waals surface area contributed by atoms with Gasteiger partial charge < -0.3 is 4.90 Å². The van der Waals surface area contributed by atoms with Gasteiger partial charge in [0.15, 0.2) is 5.78 Å². The standard InChI is InChI=1S/C8H10FNO.CHF3O3S/c1-6(11)7-4-3-5-10(2)8(7)9;2-1(3,4)8(5,6)7/h3-5,8H,1-2H3;(H,5,6,7). The van der Waals surface area contributed by atoms with E-state index in [1.54, 1.807) is 19.3 Å². The van der Waals surface area contributed by atoms with Crippen LogP contribution in [-0.2, 0) is 14.9 Å². The molecule has 0 saturated heterocycles. The van der Waals surface area contributed by atoms with Crippen LogP contribution >= 0.6 is 0 Å². The molecule has 0 bridgehead atoms. The van der Waals surface area contributed by atoms with Crippen molar-refractivity contribution in [2.24, 2.45) is 0 Å². The highest BCUT2D eigenvalue weighted by Gasteiger charge is 2.44. The van der Waals surface area contributed by atoms with Crippen molar-refractivity contribution in [2.75, 3.05) is 7.05 Å². The van der Waals surface area contributed by atoms with E-state index in [4.69, 9.17) is 13.0 Å². The largest absolute Gasteiger partial charge is 0.522 e. The van der Waals surface area contributed by atoms with Gasteiger partial charge >= 0.3 is 15.6 Å². The van der Waals surface area contributed by atoms with Crippen molar-refractivity contribution in [1.82, 2.24) is 4.90 Å². The summed E-state index contributed by atoms with van der Waals surface area (Å²) in [6.45, 7) is 1.37. The van der Waals surface area contributed by atoms with Crippen LogP contribution in [0.1, 0.15) is 6.92 Å². The van der Waals surface area contributed by atoms with Crippen molar-refractivity contribution >= 4 is 15.9 Å². The van der Waals surface area contributed by atoms with Crippen LogP contribution in [0, 0.1) is 0 Å². The van der Waals surface area contributed by atoms with Gasteiger partial charge in [0.05, 0.1) is 0 Å². The average molecular weight is 305 g/mol. The Balaban J connectivity index is 0.000000362. The molecule has 1 N–H and O–H groups in total. The van der Waals surface area contributed by atoms with Crippen LogP contribution in [0.3, 0.4) is 0 Å². The van der Waals surface area contributed by atoms with Gasteiger partial charge in [-0.05, 0) is 19.1 Å². The van der Waals surface area contributed by atoms with Crippen molar-refractivity contribution in [3.8, 4) is 0 Å². The molecule has 1 aliphatic heterocycles. The molecular weight excluding hydrogens is 294 g/mol. The number of carbonyl (C=O) groups is 1. The van der Waals surface area contributed by atoms with Crippen LogP contribution in [0.15, 0.2) is 23.9 Å². The zero-order valence-electron chi connectivity index (χ0n) is 9.85. The van der Waals surface area contributed by atoms with Gasteiger partial charge in [-0.25, -0.2) is 4.39 Å². The summed E-state index contributed by atoms with van der Waals surface area (Å²) in [5.41, 5.74) is -5.32. The molecule has 1 atom stereocenters. The van der Waals surface area contributed by atoms with Gasteiger partial charge in [-0.3, -0.25) is 9.35 Å². The van der Waals surface area contributed by atoms with Crippen LogP contribution in [0.25, 0.3) is 0 Å². The first-order chi connectivity index (χ1) is 8.38. The van der Waals surface area contributed by atoms with Crippen molar-refractivity contribution < 1.29 is 35.3 Å². The van der Waals surface area contributed by atoms with E-state index in [0.717, 1.165) is 0 Å². The molecule has 1 unspecified atom stereocenters.